The smallest absolute Gasteiger partial charge is 0.251 e. The fraction of sp³-hybridized carbons (Fsp3) is 0.429. The van der Waals surface area contributed by atoms with Crippen LogP contribution in [0.2, 0.25) is 0 Å². The van der Waals surface area contributed by atoms with Crippen LogP contribution in [0, 0.1) is 5.92 Å². The molecule has 1 amide bonds. The minimum atomic E-state index is -3.53. The number of aliphatic hydroxyl groups excluding tert-OH is 1. The molecule has 0 spiro atoms. The summed E-state index contributed by atoms with van der Waals surface area (Å²) in [6.45, 7) is 0.489. The number of benzene rings is 2. The number of carbonyl (C=O) groups excluding carboxylic acids is 2. The van der Waals surface area contributed by atoms with Crippen LogP contribution in [-0.4, -0.2) is 63.3 Å². The number of ketones is 1. The molecule has 0 aromatic heterocycles. The molecule has 198 valence electrons. The molecule has 37 heavy (non-hydrogen) atoms. The van der Waals surface area contributed by atoms with Crippen molar-refractivity contribution in [3.8, 4) is 0 Å². The van der Waals surface area contributed by atoms with Crippen molar-refractivity contribution in [1.29, 1.82) is 0 Å². The average Bonchev–Trinajstić information content (AvgIpc) is 3.70. The Kier molecular flexibility index (Phi) is 8.46. The van der Waals surface area contributed by atoms with Crippen LogP contribution in [0.4, 0.5) is 5.69 Å². The van der Waals surface area contributed by atoms with Gasteiger partial charge in [-0.3, -0.25) is 13.9 Å². The number of hydrogen-bond donors (Lipinski definition) is 3. The fourth-order valence-corrected chi connectivity index (χ4v) is 4.97. The second-order valence-electron chi connectivity index (χ2n) is 10.1. The van der Waals surface area contributed by atoms with E-state index < -0.39 is 34.1 Å². The number of carbonyl (C=O) groups is 2. The molecule has 8 nitrogen and oxygen atoms in total. The molecule has 3 unspecified atom stereocenters. The standard InChI is InChI=1S/C28H35N3O5S/c1-31(37(2,35)36)23-15-21(11-10-19-8-9-19)14-22(17-23)28(34)30-26(16-20-6-4-3-5-7-20)27(33)25-18-24(32)12-13-29-25/h3-7,10-11,14-15,17,19,25-27,29,33H,8-9,12-13,16,18H2,1-2H3,(H,30,34)/b11-10-. The first-order valence-corrected chi connectivity index (χ1v) is 14.5. The van der Waals surface area contributed by atoms with Gasteiger partial charge in [0.25, 0.3) is 5.91 Å². The van der Waals surface area contributed by atoms with Gasteiger partial charge in [-0.05, 0) is 54.5 Å². The maximum atomic E-state index is 13.5. The van der Waals surface area contributed by atoms with Gasteiger partial charge in [0.2, 0.25) is 10.0 Å². The molecule has 9 heteroatoms. The quantitative estimate of drug-likeness (QED) is 0.439. The fourth-order valence-electron chi connectivity index (χ4n) is 4.49. The summed E-state index contributed by atoms with van der Waals surface area (Å²) in [4.78, 5) is 25.6. The average molecular weight is 526 g/mol. The van der Waals surface area contributed by atoms with Crippen molar-refractivity contribution in [3.63, 3.8) is 0 Å². The zero-order valence-electron chi connectivity index (χ0n) is 21.3. The number of sulfonamides is 1. The summed E-state index contributed by atoms with van der Waals surface area (Å²) >= 11 is 0. The molecular weight excluding hydrogens is 490 g/mol. The van der Waals surface area contributed by atoms with Crippen molar-refractivity contribution in [2.24, 2.45) is 5.92 Å². The first-order chi connectivity index (χ1) is 17.6. The van der Waals surface area contributed by atoms with E-state index in [-0.39, 0.29) is 12.2 Å². The van der Waals surface area contributed by atoms with E-state index in [1.807, 2.05) is 36.4 Å². The minimum absolute atomic E-state index is 0.0798. The van der Waals surface area contributed by atoms with Gasteiger partial charge in [0, 0.05) is 38.0 Å². The lowest BCUT2D eigenvalue weighted by molar-refractivity contribution is -0.121. The lowest BCUT2D eigenvalue weighted by Gasteiger charge is -2.33. The van der Waals surface area contributed by atoms with Crippen molar-refractivity contribution in [2.45, 2.75) is 50.3 Å². The molecule has 0 radical (unpaired) electrons. The first kappa shape index (κ1) is 27.0. The van der Waals surface area contributed by atoms with Gasteiger partial charge < -0.3 is 15.7 Å². The minimum Gasteiger partial charge on any atom is -0.389 e. The summed E-state index contributed by atoms with van der Waals surface area (Å²) in [5.74, 6) is 0.174. The molecule has 0 bridgehead atoms. The Morgan fingerprint density at radius 3 is 2.59 bits per heavy atom. The molecule has 3 N–H and O–H groups in total. The van der Waals surface area contributed by atoms with E-state index in [9.17, 15) is 23.1 Å². The summed E-state index contributed by atoms with van der Waals surface area (Å²) in [5.41, 5.74) is 2.34. The van der Waals surface area contributed by atoms with Gasteiger partial charge in [0.05, 0.1) is 24.1 Å². The Balaban J connectivity index is 1.62. The summed E-state index contributed by atoms with van der Waals surface area (Å²) in [5, 5.41) is 17.4. The molecule has 2 aromatic carbocycles. The van der Waals surface area contributed by atoms with E-state index >= 15 is 0 Å². The van der Waals surface area contributed by atoms with Gasteiger partial charge in [0.15, 0.2) is 0 Å². The van der Waals surface area contributed by atoms with E-state index in [0.29, 0.717) is 36.6 Å². The number of Topliss-reactive ketones (excluding diaryl/α,β-unsaturated/α-hetero) is 1. The van der Waals surface area contributed by atoms with Crippen LogP contribution in [0.15, 0.2) is 54.6 Å². The van der Waals surface area contributed by atoms with Crippen molar-refractivity contribution in [3.05, 3.63) is 71.3 Å². The van der Waals surface area contributed by atoms with Gasteiger partial charge in [-0.15, -0.1) is 0 Å². The van der Waals surface area contributed by atoms with E-state index in [4.69, 9.17) is 0 Å². The van der Waals surface area contributed by atoms with Crippen LogP contribution in [0.25, 0.3) is 6.08 Å². The molecule has 1 aliphatic heterocycles. The second-order valence-corrected chi connectivity index (χ2v) is 12.1. The van der Waals surface area contributed by atoms with Crippen LogP contribution < -0.4 is 14.9 Å². The van der Waals surface area contributed by atoms with Gasteiger partial charge in [-0.25, -0.2) is 8.42 Å². The number of nitrogens with zero attached hydrogens (tertiary/aromatic N) is 1. The largest absolute Gasteiger partial charge is 0.389 e. The molecular formula is C28H35N3O5S. The number of allylic oxidation sites excluding steroid dienone is 1. The van der Waals surface area contributed by atoms with Crippen molar-refractivity contribution >= 4 is 33.5 Å². The molecule has 4 rings (SSSR count). The SMILES string of the molecule is CN(c1cc(/C=C\C2CC2)cc(C(=O)NC(Cc2ccccc2)C(O)C2CC(=O)CCN2)c1)S(C)(=O)=O. The van der Waals surface area contributed by atoms with E-state index in [2.05, 4.69) is 16.7 Å². The Morgan fingerprint density at radius 2 is 1.95 bits per heavy atom. The highest BCUT2D eigenvalue weighted by molar-refractivity contribution is 7.92. The third kappa shape index (κ3) is 7.50. The Bertz CT molecular complexity index is 1260. The predicted octanol–water partition coefficient (Wildman–Crippen LogP) is 2.53. The zero-order valence-corrected chi connectivity index (χ0v) is 22.1. The number of nitrogens with one attached hydrogen (secondary N) is 2. The molecule has 3 atom stereocenters. The lowest BCUT2D eigenvalue weighted by atomic mass is 9.91. The summed E-state index contributed by atoms with van der Waals surface area (Å²) < 4.78 is 25.6. The van der Waals surface area contributed by atoms with Crippen LogP contribution in [0.3, 0.4) is 0 Å². The number of aliphatic hydroxyl groups is 1. The van der Waals surface area contributed by atoms with Gasteiger partial charge in [-0.1, -0.05) is 42.5 Å². The lowest BCUT2D eigenvalue weighted by Crippen LogP contribution is -2.56. The van der Waals surface area contributed by atoms with Crippen LogP contribution in [0.5, 0.6) is 0 Å². The van der Waals surface area contributed by atoms with Crippen molar-refractivity contribution in [2.75, 3.05) is 24.2 Å². The topological polar surface area (TPSA) is 116 Å². The van der Waals surface area contributed by atoms with Crippen LogP contribution >= 0.6 is 0 Å². The molecule has 2 aromatic rings. The first-order valence-electron chi connectivity index (χ1n) is 12.7. The Morgan fingerprint density at radius 1 is 1.22 bits per heavy atom. The van der Waals surface area contributed by atoms with Gasteiger partial charge in [-0.2, -0.15) is 0 Å². The number of piperidine rings is 1. The molecule has 1 aliphatic carbocycles. The van der Waals surface area contributed by atoms with E-state index in [1.165, 1.54) is 7.05 Å². The molecule has 2 fully saturated rings. The maximum absolute atomic E-state index is 13.5. The monoisotopic (exact) mass is 525 g/mol. The third-order valence-electron chi connectivity index (χ3n) is 6.94. The third-order valence-corrected chi connectivity index (χ3v) is 8.15. The second kappa shape index (κ2) is 11.6. The molecule has 1 saturated heterocycles. The molecule has 1 heterocycles. The molecule has 2 aliphatic rings. The zero-order chi connectivity index (χ0) is 26.6. The predicted molar refractivity (Wildman–Crippen MR) is 145 cm³/mol. The number of hydrogen-bond acceptors (Lipinski definition) is 6. The highest BCUT2D eigenvalue weighted by atomic mass is 32.2. The van der Waals surface area contributed by atoms with E-state index in [1.54, 1.807) is 18.2 Å². The van der Waals surface area contributed by atoms with Crippen molar-refractivity contribution in [1.82, 2.24) is 10.6 Å². The summed E-state index contributed by atoms with van der Waals surface area (Å²) in [7, 11) is -2.08. The normalized spacial score (nSPS) is 20.0. The Hall–Kier alpha value is -3.01. The maximum Gasteiger partial charge on any atom is 0.251 e. The Labute approximate surface area is 218 Å². The summed E-state index contributed by atoms with van der Waals surface area (Å²) in [6.07, 6.45) is 7.37. The van der Waals surface area contributed by atoms with Crippen molar-refractivity contribution < 1.29 is 23.1 Å². The van der Waals surface area contributed by atoms with E-state index in [0.717, 1.165) is 34.5 Å². The number of anilines is 1. The van der Waals surface area contributed by atoms with Gasteiger partial charge in [0.1, 0.15) is 5.78 Å². The van der Waals surface area contributed by atoms with Crippen LogP contribution in [-0.2, 0) is 21.2 Å². The highest BCUT2D eigenvalue weighted by Gasteiger charge is 2.33. The highest BCUT2D eigenvalue weighted by Crippen LogP contribution is 2.31. The molecule has 1 saturated carbocycles. The number of rotatable bonds is 10. The van der Waals surface area contributed by atoms with Gasteiger partial charge >= 0.3 is 0 Å². The van der Waals surface area contributed by atoms with Crippen LogP contribution in [0.1, 0.15) is 47.2 Å². The summed E-state index contributed by atoms with van der Waals surface area (Å²) in [6, 6.07) is 13.4. The number of amides is 1.